The Balaban J connectivity index is 2.10. The third-order valence-corrected chi connectivity index (χ3v) is 4.95. The number of aryl methyl sites for hydroxylation is 2. The van der Waals surface area contributed by atoms with Crippen LogP contribution in [0.2, 0.25) is 0 Å². The van der Waals surface area contributed by atoms with Crippen LogP contribution in [0.15, 0.2) is 41.8 Å². The molecule has 0 saturated carbocycles. The summed E-state index contributed by atoms with van der Waals surface area (Å²) in [5, 5.41) is 3.43. The van der Waals surface area contributed by atoms with E-state index in [1.165, 1.54) is 21.2 Å². The highest BCUT2D eigenvalue weighted by atomic mass is 32.1. The molecule has 108 valence electrons. The van der Waals surface area contributed by atoms with Crippen LogP contribution in [0.3, 0.4) is 0 Å². The van der Waals surface area contributed by atoms with Gasteiger partial charge in [0.15, 0.2) is 0 Å². The monoisotopic (exact) mass is 297 g/mol. The van der Waals surface area contributed by atoms with Gasteiger partial charge in [0, 0.05) is 4.70 Å². The number of hydrogen-bond donors (Lipinski definition) is 1. The molecule has 0 spiro atoms. The van der Waals surface area contributed by atoms with E-state index < -0.39 is 0 Å². The highest BCUT2D eigenvalue weighted by Gasteiger charge is 2.17. The average molecular weight is 297 g/mol. The summed E-state index contributed by atoms with van der Waals surface area (Å²) in [7, 11) is 1.70. The van der Waals surface area contributed by atoms with Crippen molar-refractivity contribution in [2.45, 2.75) is 19.9 Å². The summed E-state index contributed by atoms with van der Waals surface area (Å²) >= 11 is 1.75. The minimum absolute atomic E-state index is 0.106. The van der Waals surface area contributed by atoms with Gasteiger partial charge in [0.1, 0.15) is 5.75 Å². The van der Waals surface area contributed by atoms with Crippen LogP contribution in [0, 0.1) is 13.8 Å². The zero-order valence-electron chi connectivity index (χ0n) is 12.5. The Morgan fingerprint density at radius 3 is 2.57 bits per heavy atom. The Morgan fingerprint density at radius 1 is 1.05 bits per heavy atom. The van der Waals surface area contributed by atoms with Crippen molar-refractivity contribution in [3.8, 4) is 5.75 Å². The molecule has 2 aromatic carbocycles. The van der Waals surface area contributed by atoms with Gasteiger partial charge in [-0.15, -0.1) is 11.3 Å². The third kappa shape index (κ3) is 2.43. The Bertz CT molecular complexity index is 791. The van der Waals surface area contributed by atoms with E-state index in [4.69, 9.17) is 10.5 Å². The molecule has 1 aromatic heterocycles. The molecule has 0 aliphatic carbocycles. The van der Waals surface area contributed by atoms with Crippen molar-refractivity contribution in [1.82, 2.24) is 0 Å². The Labute approximate surface area is 129 Å². The maximum absolute atomic E-state index is 6.55. The number of benzene rings is 2. The molecule has 0 saturated heterocycles. The normalized spacial score (nSPS) is 12.6. The number of rotatable bonds is 3. The minimum Gasteiger partial charge on any atom is -0.496 e. The third-order valence-electron chi connectivity index (χ3n) is 3.96. The Hall–Kier alpha value is -1.84. The lowest BCUT2D eigenvalue weighted by atomic mass is 9.93. The molecular weight excluding hydrogens is 278 g/mol. The minimum atomic E-state index is -0.106. The number of thiophene rings is 1. The molecule has 21 heavy (non-hydrogen) atoms. The van der Waals surface area contributed by atoms with Crippen molar-refractivity contribution >= 4 is 21.4 Å². The number of fused-ring (bicyclic) bond motifs is 1. The molecule has 2 N–H and O–H groups in total. The van der Waals surface area contributed by atoms with Gasteiger partial charge in [0.2, 0.25) is 0 Å². The van der Waals surface area contributed by atoms with Gasteiger partial charge in [-0.1, -0.05) is 24.3 Å². The molecule has 1 atom stereocenters. The molecule has 2 nitrogen and oxygen atoms in total. The van der Waals surface area contributed by atoms with Crippen LogP contribution < -0.4 is 10.5 Å². The van der Waals surface area contributed by atoms with Gasteiger partial charge >= 0.3 is 0 Å². The summed E-state index contributed by atoms with van der Waals surface area (Å²) in [6, 6.07) is 12.5. The SMILES string of the molecule is COc1cc(C)c(C(N)c2csc3ccccc23)cc1C. The summed E-state index contributed by atoms with van der Waals surface area (Å²) in [4.78, 5) is 0. The maximum Gasteiger partial charge on any atom is 0.122 e. The first kappa shape index (κ1) is 14.1. The smallest absolute Gasteiger partial charge is 0.122 e. The second-order valence-corrected chi connectivity index (χ2v) is 6.25. The molecular formula is C18H19NOS. The summed E-state index contributed by atoms with van der Waals surface area (Å²) in [5.41, 5.74) is 11.2. The van der Waals surface area contributed by atoms with Crippen molar-refractivity contribution in [2.75, 3.05) is 7.11 Å². The second kappa shape index (κ2) is 5.51. The van der Waals surface area contributed by atoms with Crippen molar-refractivity contribution in [1.29, 1.82) is 0 Å². The molecule has 0 bridgehead atoms. The van der Waals surface area contributed by atoms with Crippen LogP contribution in [0.25, 0.3) is 10.1 Å². The summed E-state index contributed by atoms with van der Waals surface area (Å²) in [6.07, 6.45) is 0. The number of nitrogens with two attached hydrogens (primary N) is 1. The van der Waals surface area contributed by atoms with Crippen LogP contribution >= 0.6 is 11.3 Å². The highest BCUT2D eigenvalue weighted by molar-refractivity contribution is 7.17. The first-order valence-corrected chi connectivity index (χ1v) is 7.86. The van der Waals surface area contributed by atoms with E-state index in [0.29, 0.717) is 0 Å². The van der Waals surface area contributed by atoms with Crippen LogP contribution in [0.1, 0.15) is 28.3 Å². The molecule has 3 aromatic rings. The summed E-state index contributed by atoms with van der Waals surface area (Å²) in [5.74, 6) is 0.915. The summed E-state index contributed by atoms with van der Waals surface area (Å²) < 4.78 is 6.67. The number of methoxy groups -OCH3 is 1. The van der Waals surface area contributed by atoms with E-state index in [1.54, 1.807) is 18.4 Å². The van der Waals surface area contributed by atoms with Gasteiger partial charge in [-0.05, 0) is 59.0 Å². The number of ether oxygens (including phenoxy) is 1. The van der Waals surface area contributed by atoms with E-state index >= 15 is 0 Å². The van der Waals surface area contributed by atoms with E-state index in [1.807, 2.05) is 0 Å². The van der Waals surface area contributed by atoms with Crippen LogP contribution in [-0.2, 0) is 0 Å². The molecule has 3 rings (SSSR count). The van der Waals surface area contributed by atoms with Crippen molar-refractivity contribution in [3.63, 3.8) is 0 Å². The molecule has 0 aliphatic rings. The van der Waals surface area contributed by atoms with Gasteiger partial charge in [0.05, 0.1) is 13.2 Å². The fraction of sp³-hybridized carbons (Fsp3) is 0.222. The van der Waals surface area contributed by atoms with E-state index in [9.17, 15) is 0 Å². The largest absolute Gasteiger partial charge is 0.496 e. The molecule has 3 heteroatoms. The average Bonchev–Trinajstić information content (AvgIpc) is 2.92. The Kier molecular flexibility index (Phi) is 3.70. The lowest BCUT2D eigenvalue weighted by Crippen LogP contribution is -2.13. The predicted molar refractivity (Wildman–Crippen MR) is 90.3 cm³/mol. The zero-order chi connectivity index (χ0) is 15.0. The lowest BCUT2D eigenvalue weighted by molar-refractivity contribution is 0.411. The van der Waals surface area contributed by atoms with Crippen molar-refractivity contribution < 1.29 is 4.74 Å². The molecule has 0 radical (unpaired) electrons. The zero-order valence-corrected chi connectivity index (χ0v) is 13.3. The molecule has 0 amide bonds. The fourth-order valence-corrected chi connectivity index (χ4v) is 3.77. The van der Waals surface area contributed by atoms with Gasteiger partial charge in [0.25, 0.3) is 0 Å². The molecule has 0 fully saturated rings. The van der Waals surface area contributed by atoms with E-state index in [2.05, 4.69) is 55.6 Å². The highest BCUT2D eigenvalue weighted by Crippen LogP contribution is 2.35. The van der Waals surface area contributed by atoms with Crippen molar-refractivity contribution in [3.05, 3.63) is 64.0 Å². The first-order valence-electron chi connectivity index (χ1n) is 6.98. The quantitative estimate of drug-likeness (QED) is 0.768. The van der Waals surface area contributed by atoms with Crippen LogP contribution in [0.5, 0.6) is 5.75 Å². The lowest BCUT2D eigenvalue weighted by Gasteiger charge is -2.17. The fourth-order valence-electron chi connectivity index (χ4n) is 2.77. The predicted octanol–water partition coefficient (Wildman–Crippen LogP) is 4.57. The Morgan fingerprint density at radius 2 is 1.81 bits per heavy atom. The van der Waals surface area contributed by atoms with Gasteiger partial charge in [-0.25, -0.2) is 0 Å². The van der Waals surface area contributed by atoms with Crippen LogP contribution in [-0.4, -0.2) is 7.11 Å². The molecule has 0 aliphatic heterocycles. The van der Waals surface area contributed by atoms with Gasteiger partial charge < -0.3 is 10.5 Å². The van der Waals surface area contributed by atoms with Crippen LogP contribution in [0.4, 0.5) is 0 Å². The number of hydrogen-bond acceptors (Lipinski definition) is 3. The molecule has 1 unspecified atom stereocenters. The second-order valence-electron chi connectivity index (χ2n) is 5.34. The topological polar surface area (TPSA) is 35.2 Å². The molecule has 1 heterocycles. The van der Waals surface area contributed by atoms with E-state index in [0.717, 1.165) is 16.9 Å². The summed E-state index contributed by atoms with van der Waals surface area (Å²) in [6.45, 7) is 4.14. The van der Waals surface area contributed by atoms with Gasteiger partial charge in [-0.2, -0.15) is 0 Å². The van der Waals surface area contributed by atoms with Crippen molar-refractivity contribution in [2.24, 2.45) is 5.73 Å². The maximum atomic E-state index is 6.55. The first-order chi connectivity index (χ1) is 10.1. The van der Waals surface area contributed by atoms with E-state index in [-0.39, 0.29) is 6.04 Å². The standard InChI is InChI=1S/C18H19NOS/c1-11-9-16(20-3)12(2)8-14(11)18(19)15-10-21-17-7-5-4-6-13(15)17/h4-10,18H,19H2,1-3H3. The van der Waals surface area contributed by atoms with Gasteiger partial charge in [-0.3, -0.25) is 0 Å².